The van der Waals surface area contributed by atoms with Crippen molar-refractivity contribution >= 4 is 39.8 Å². The van der Waals surface area contributed by atoms with Crippen LogP contribution in [0.4, 0.5) is 10.8 Å². The topological polar surface area (TPSA) is 58.1 Å². The fraction of sp³-hybridized carbons (Fsp3) is 0.400. The summed E-state index contributed by atoms with van der Waals surface area (Å²) >= 11 is 2.94. The number of hydrogen-bond acceptors (Lipinski definition) is 6. The third-order valence-electron chi connectivity index (χ3n) is 3.33. The van der Waals surface area contributed by atoms with Crippen LogP contribution in [0.3, 0.4) is 0 Å². The van der Waals surface area contributed by atoms with E-state index in [9.17, 15) is 4.79 Å². The lowest BCUT2D eigenvalue weighted by Gasteiger charge is -2.16. The summed E-state index contributed by atoms with van der Waals surface area (Å²) in [5, 5.41) is 12.2. The number of anilines is 2. The van der Waals surface area contributed by atoms with E-state index in [0.717, 1.165) is 28.1 Å². The summed E-state index contributed by atoms with van der Waals surface area (Å²) in [5.74, 6) is 0.522. The van der Waals surface area contributed by atoms with Crippen molar-refractivity contribution in [1.82, 2.24) is 10.2 Å². The van der Waals surface area contributed by atoms with Crippen molar-refractivity contribution in [3.63, 3.8) is 0 Å². The molecule has 0 spiro atoms. The molecule has 0 saturated carbocycles. The maximum atomic E-state index is 12.4. The molecule has 22 heavy (non-hydrogen) atoms. The lowest BCUT2D eigenvalue weighted by Crippen LogP contribution is -2.30. The van der Waals surface area contributed by atoms with Gasteiger partial charge in [-0.1, -0.05) is 41.3 Å². The number of amides is 1. The van der Waals surface area contributed by atoms with Gasteiger partial charge < -0.3 is 10.2 Å². The molecule has 3 rings (SSSR count). The molecule has 0 fully saturated rings. The van der Waals surface area contributed by atoms with Gasteiger partial charge in [0, 0.05) is 18.3 Å². The van der Waals surface area contributed by atoms with Gasteiger partial charge in [-0.2, -0.15) is 0 Å². The molecule has 1 aliphatic heterocycles. The number of rotatable bonds is 5. The molecule has 2 aromatic rings. The van der Waals surface area contributed by atoms with E-state index >= 15 is 0 Å². The van der Waals surface area contributed by atoms with E-state index in [2.05, 4.69) is 35.4 Å². The number of nitrogens with one attached hydrogen (secondary N) is 1. The van der Waals surface area contributed by atoms with Crippen molar-refractivity contribution in [2.75, 3.05) is 22.5 Å². The molecule has 1 amide bonds. The minimum atomic E-state index is 0.128. The molecule has 116 valence electrons. The molecule has 0 aliphatic carbocycles. The predicted molar refractivity (Wildman–Crippen MR) is 91.9 cm³/mol. The van der Waals surface area contributed by atoms with Gasteiger partial charge in [0.05, 0.1) is 5.75 Å². The molecule has 0 bridgehead atoms. The van der Waals surface area contributed by atoms with Gasteiger partial charge in [-0.3, -0.25) is 4.79 Å². The molecular formula is C15H18N4OS2. The first-order chi connectivity index (χ1) is 10.6. The Morgan fingerprint density at radius 1 is 1.41 bits per heavy atom. The van der Waals surface area contributed by atoms with Crippen LogP contribution in [0, 0.1) is 0 Å². The Morgan fingerprint density at radius 2 is 2.23 bits per heavy atom. The Morgan fingerprint density at radius 3 is 3.05 bits per heavy atom. The van der Waals surface area contributed by atoms with E-state index in [1.165, 1.54) is 28.7 Å². The Kier molecular flexibility index (Phi) is 4.63. The largest absolute Gasteiger partial charge is 0.358 e. The highest BCUT2D eigenvalue weighted by Gasteiger charge is 2.24. The Labute approximate surface area is 138 Å². The number of carbonyl (C=O) groups is 1. The second-order valence-electron chi connectivity index (χ2n) is 5.38. The summed E-state index contributed by atoms with van der Waals surface area (Å²) < 4.78 is 0.823. The summed E-state index contributed by atoms with van der Waals surface area (Å²) in [6.45, 7) is 4.89. The van der Waals surface area contributed by atoms with E-state index < -0.39 is 0 Å². The van der Waals surface area contributed by atoms with Crippen LogP contribution in [-0.2, 0) is 11.2 Å². The van der Waals surface area contributed by atoms with E-state index in [0.29, 0.717) is 11.8 Å². The number of hydrogen-bond donors (Lipinski definition) is 1. The summed E-state index contributed by atoms with van der Waals surface area (Å²) in [6.07, 6.45) is 0.938. The average molecular weight is 334 g/mol. The van der Waals surface area contributed by atoms with Crippen LogP contribution < -0.4 is 10.2 Å². The van der Waals surface area contributed by atoms with Gasteiger partial charge in [0.1, 0.15) is 0 Å². The molecule has 1 aliphatic rings. The zero-order chi connectivity index (χ0) is 15.5. The van der Waals surface area contributed by atoms with Crippen LogP contribution >= 0.6 is 23.1 Å². The smallest absolute Gasteiger partial charge is 0.237 e. The number of thioether (sulfide) groups is 1. The van der Waals surface area contributed by atoms with Gasteiger partial charge in [-0.15, -0.1) is 10.2 Å². The standard InChI is InChI=1S/C15H18N4OS2/c1-10(2)16-14-17-18-15(22-14)21-9-13(20)19-8-7-11-5-3-4-6-12(11)19/h3-6,10H,7-9H2,1-2H3,(H,16,17). The minimum absolute atomic E-state index is 0.128. The number of fused-ring (bicyclic) bond motifs is 1. The summed E-state index contributed by atoms with van der Waals surface area (Å²) in [7, 11) is 0. The highest BCUT2D eigenvalue weighted by molar-refractivity contribution is 8.01. The lowest BCUT2D eigenvalue weighted by molar-refractivity contribution is -0.116. The number of carbonyl (C=O) groups excluding carboxylic acids is 1. The van der Waals surface area contributed by atoms with Crippen molar-refractivity contribution in [1.29, 1.82) is 0 Å². The molecule has 0 saturated heterocycles. The molecule has 0 atom stereocenters. The number of nitrogens with zero attached hydrogens (tertiary/aromatic N) is 3. The van der Waals surface area contributed by atoms with Crippen LogP contribution in [0.2, 0.25) is 0 Å². The van der Waals surface area contributed by atoms with Crippen molar-refractivity contribution in [3.8, 4) is 0 Å². The third kappa shape index (κ3) is 3.41. The molecule has 0 radical (unpaired) electrons. The first kappa shape index (κ1) is 15.3. The number of benzene rings is 1. The van der Waals surface area contributed by atoms with E-state index in [1.54, 1.807) is 0 Å². The zero-order valence-corrected chi connectivity index (χ0v) is 14.2. The Balaban J connectivity index is 1.58. The van der Waals surface area contributed by atoms with Gasteiger partial charge in [-0.25, -0.2) is 0 Å². The third-order valence-corrected chi connectivity index (χ3v) is 5.30. The molecule has 1 N–H and O–H groups in total. The summed E-state index contributed by atoms with van der Waals surface area (Å²) in [4.78, 5) is 14.3. The van der Waals surface area contributed by atoms with Crippen molar-refractivity contribution < 1.29 is 4.79 Å². The molecular weight excluding hydrogens is 316 g/mol. The van der Waals surface area contributed by atoms with Crippen molar-refractivity contribution in [3.05, 3.63) is 29.8 Å². The Bertz CT molecular complexity index is 671. The molecule has 1 aromatic heterocycles. The molecule has 2 heterocycles. The second-order valence-corrected chi connectivity index (χ2v) is 7.58. The van der Waals surface area contributed by atoms with Crippen LogP contribution in [0.1, 0.15) is 19.4 Å². The van der Waals surface area contributed by atoms with Crippen molar-refractivity contribution in [2.45, 2.75) is 30.6 Å². The number of para-hydroxylation sites is 1. The monoisotopic (exact) mass is 334 g/mol. The molecule has 0 unspecified atom stereocenters. The quantitative estimate of drug-likeness (QED) is 0.852. The van der Waals surface area contributed by atoms with Gasteiger partial charge in [-0.05, 0) is 31.9 Å². The SMILES string of the molecule is CC(C)Nc1nnc(SCC(=O)N2CCc3ccccc32)s1. The zero-order valence-electron chi connectivity index (χ0n) is 12.6. The Hall–Kier alpha value is -1.60. The van der Waals surface area contributed by atoms with E-state index in [4.69, 9.17) is 0 Å². The van der Waals surface area contributed by atoms with Crippen LogP contribution in [0.15, 0.2) is 28.6 Å². The first-order valence-corrected chi connectivity index (χ1v) is 9.05. The van der Waals surface area contributed by atoms with Crippen LogP contribution in [0.25, 0.3) is 0 Å². The van der Waals surface area contributed by atoms with Gasteiger partial charge in [0.25, 0.3) is 0 Å². The van der Waals surface area contributed by atoms with Gasteiger partial charge in [0.2, 0.25) is 11.0 Å². The first-order valence-electron chi connectivity index (χ1n) is 7.24. The fourth-order valence-electron chi connectivity index (χ4n) is 2.37. The average Bonchev–Trinajstić information content (AvgIpc) is 3.10. The maximum Gasteiger partial charge on any atom is 0.237 e. The lowest BCUT2D eigenvalue weighted by atomic mass is 10.2. The highest BCUT2D eigenvalue weighted by atomic mass is 32.2. The van der Waals surface area contributed by atoms with E-state index in [1.807, 2.05) is 23.1 Å². The molecule has 5 nitrogen and oxygen atoms in total. The summed E-state index contributed by atoms with van der Waals surface area (Å²) in [6, 6.07) is 8.43. The second kappa shape index (κ2) is 6.66. The maximum absolute atomic E-state index is 12.4. The normalized spacial score (nSPS) is 13.5. The van der Waals surface area contributed by atoms with Crippen molar-refractivity contribution in [2.24, 2.45) is 0 Å². The van der Waals surface area contributed by atoms with Gasteiger partial charge >= 0.3 is 0 Å². The van der Waals surface area contributed by atoms with E-state index in [-0.39, 0.29) is 5.91 Å². The van der Waals surface area contributed by atoms with Crippen LogP contribution in [0.5, 0.6) is 0 Å². The minimum Gasteiger partial charge on any atom is -0.358 e. The molecule has 1 aromatic carbocycles. The molecule has 7 heteroatoms. The van der Waals surface area contributed by atoms with Gasteiger partial charge in [0.15, 0.2) is 4.34 Å². The predicted octanol–water partition coefficient (Wildman–Crippen LogP) is 3.04. The highest BCUT2D eigenvalue weighted by Crippen LogP contribution is 2.30. The van der Waals surface area contributed by atoms with Crippen LogP contribution in [-0.4, -0.2) is 34.4 Å². The number of aromatic nitrogens is 2. The summed E-state index contributed by atoms with van der Waals surface area (Å²) in [5.41, 5.74) is 2.30. The fourth-order valence-corrected chi connectivity index (χ4v) is 4.15.